The number of rotatable bonds is 2. The first-order valence-corrected chi connectivity index (χ1v) is 6.79. The van der Waals surface area contributed by atoms with Crippen LogP contribution >= 0.6 is 11.3 Å². The van der Waals surface area contributed by atoms with Crippen LogP contribution < -0.4 is 10.6 Å². The quantitative estimate of drug-likeness (QED) is 0.847. The Kier molecular flexibility index (Phi) is 2.86. The Morgan fingerprint density at radius 3 is 3.29 bits per heavy atom. The smallest absolute Gasteiger partial charge is 0.268 e. The summed E-state index contributed by atoms with van der Waals surface area (Å²) in [5.74, 6) is 0.0251. The van der Waals surface area contributed by atoms with E-state index < -0.39 is 0 Å². The Morgan fingerprint density at radius 2 is 2.47 bits per heavy atom. The predicted octanol–water partition coefficient (Wildman–Crippen LogP) is 1.48. The van der Waals surface area contributed by atoms with Gasteiger partial charge in [-0.15, -0.1) is 11.3 Å². The summed E-state index contributed by atoms with van der Waals surface area (Å²) in [6.07, 6.45) is 4.14. The van der Waals surface area contributed by atoms with Crippen LogP contribution in [0.4, 0.5) is 0 Å². The molecule has 5 heteroatoms. The van der Waals surface area contributed by atoms with Crippen LogP contribution in [0.5, 0.6) is 0 Å². The molecule has 1 aliphatic rings. The highest BCUT2D eigenvalue weighted by atomic mass is 32.1. The van der Waals surface area contributed by atoms with Crippen molar-refractivity contribution in [3.63, 3.8) is 0 Å². The third-order valence-corrected chi connectivity index (χ3v) is 3.98. The van der Waals surface area contributed by atoms with E-state index in [1.165, 1.54) is 0 Å². The highest BCUT2D eigenvalue weighted by Gasteiger charge is 2.18. The van der Waals surface area contributed by atoms with Crippen LogP contribution in [0.2, 0.25) is 0 Å². The van der Waals surface area contributed by atoms with Gasteiger partial charge in [0, 0.05) is 24.2 Å². The maximum atomic E-state index is 12.1. The molecule has 2 N–H and O–H groups in total. The van der Waals surface area contributed by atoms with E-state index in [0.29, 0.717) is 0 Å². The number of piperidine rings is 1. The summed E-state index contributed by atoms with van der Waals surface area (Å²) in [6, 6.07) is 4.14. The number of hydrogen-bond donors (Lipinski definition) is 2. The van der Waals surface area contributed by atoms with Gasteiger partial charge in [0.05, 0.1) is 4.83 Å². The van der Waals surface area contributed by atoms with Crippen molar-refractivity contribution in [3.8, 4) is 0 Å². The van der Waals surface area contributed by atoms with Gasteiger partial charge in [-0.05, 0) is 31.5 Å². The minimum atomic E-state index is 0.0251. The Bertz CT molecular complexity index is 525. The van der Waals surface area contributed by atoms with Crippen molar-refractivity contribution in [1.29, 1.82) is 0 Å². The maximum absolute atomic E-state index is 12.1. The molecule has 1 fully saturated rings. The summed E-state index contributed by atoms with van der Waals surface area (Å²) < 4.78 is 1.94. The molecule has 0 bridgehead atoms. The largest absolute Gasteiger partial charge is 0.347 e. The highest BCUT2D eigenvalue weighted by Crippen LogP contribution is 2.16. The van der Waals surface area contributed by atoms with Crippen molar-refractivity contribution in [1.82, 2.24) is 15.0 Å². The standard InChI is InChI=1S/C12H15N3OS/c16-12(14-9-2-1-5-13-8-9)10-3-4-11-15(10)6-7-17-11/h3-4,6-7,9,13H,1-2,5,8H2,(H,14,16). The average Bonchev–Trinajstić information content (AvgIpc) is 2.91. The van der Waals surface area contributed by atoms with Crippen LogP contribution in [-0.2, 0) is 0 Å². The van der Waals surface area contributed by atoms with Gasteiger partial charge in [-0.3, -0.25) is 4.79 Å². The SMILES string of the molecule is O=C(NC1CCCNC1)c1ccc2sccn12. The summed E-state index contributed by atoms with van der Waals surface area (Å²) in [6.45, 7) is 1.94. The molecule has 0 saturated carbocycles. The second kappa shape index (κ2) is 4.50. The number of aromatic nitrogens is 1. The van der Waals surface area contributed by atoms with E-state index in [4.69, 9.17) is 0 Å². The van der Waals surface area contributed by atoms with E-state index in [1.807, 2.05) is 28.1 Å². The lowest BCUT2D eigenvalue weighted by molar-refractivity contribution is 0.0925. The fourth-order valence-corrected chi connectivity index (χ4v) is 3.00. The van der Waals surface area contributed by atoms with Crippen molar-refractivity contribution in [2.75, 3.05) is 13.1 Å². The van der Waals surface area contributed by atoms with Crippen LogP contribution in [0.25, 0.3) is 4.83 Å². The predicted molar refractivity (Wildman–Crippen MR) is 68.6 cm³/mol. The Hall–Kier alpha value is -1.33. The molecule has 0 spiro atoms. The normalized spacial score (nSPS) is 20.6. The lowest BCUT2D eigenvalue weighted by atomic mass is 10.1. The number of nitrogens with zero attached hydrogens (tertiary/aromatic N) is 1. The minimum Gasteiger partial charge on any atom is -0.347 e. The number of fused-ring (bicyclic) bond motifs is 1. The van der Waals surface area contributed by atoms with Gasteiger partial charge >= 0.3 is 0 Å². The fourth-order valence-electron chi connectivity index (χ4n) is 2.26. The molecule has 2 aromatic heterocycles. The Morgan fingerprint density at radius 1 is 1.53 bits per heavy atom. The van der Waals surface area contributed by atoms with Gasteiger partial charge in [0.2, 0.25) is 0 Å². The first-order valence-electron chi connectivity index (χ1n) is 5.91. The van der Waals surface area contributed by atoms with Gasteiger partial charge in [-0.1, -0.05) is 0 Å². The zero-order chi connectivity index (χ0) is 11.7. The molecule has 90 valence electrons. The maximum Gasteiger partial charge on any atom is 0.268 e. The summed E-state index contributed by atoms with van der Waals surface area (Å²) >= 11 is 1.64. The molecular weight excluding hydrogens is 234 g/mol. The topological polar surface area (TPSA) is 45.5 Å². The second-order valence-electron chi connectivity index (χ2n) is 4.35. The van der Waals surface area contributed by atoms with Crippen molar-refractivity contribution in [2.45, 2.75) is 18.9 Å². The first kappa shape index (κ1) is 10.8. The molecule has 1 unspecified atom stereocenters. The van der Waals surface area contributed by atoms with Crippen LogP contribution in [0.3, 0.4) is 0 Å². The average molecular weight is 249 g/mol. The number of thiazole rings is 1. The molecule has 0 radical (unpaired) electrons. The van der Waals surface area contributed by atoms with E-state index >= 15 is 0 Å². The fraction of sp³-hybridized carbons (Fsp3) is 0.417. The van der Waals surface area contributed by atoms with Gasteiger partial charge < -0.3 is 15.0 Å². The summed E-state index contributed by atoms with van der Waals surface area (Å²) in [7, 11) is 0. The van der Waals surface area contributed by atoms with Gasteiger partial charge in [0.25, 0.3) is 5.91 Å². The zero-order valence-corrected chi connectivity index (χ0v) is 10.3. The summed E-state index contributed by atoms with van der Waals surface area (Å²) in [5, 5.41) is 8.38. The van der Waals surface area contributed by atoms with Crippen LogP contribution in [0.1, 0.15) is 23.3 Å². The van der Waals surface area contributed by atoms with Crippen molar-refractivity contribution < 1.29 is 4.79 Å². The Labute approximate surface area is 104 Å². The molecule has 17 heavy (non-hydrogen) atoms. The summed E-state index contributed by atoms with van der Waals surface area (Å²) in [4.78, 5) is 13.2. The van der Waals surface area contributed by atoms with E-state index in [1.54, 1.807) is 11.3 Å². The third-order valence-electron chi connectivity index (χ3n) is 3.14. The lowest BCUT2D eigenvalue weighted by Gasteiger charge is -2.23. The molecule has 1 atom stereocenters. The lowest BCUT2D eigenvalue weighted by Crippen LogP contribution is -2.45. The van der Waals surface area contributed by atoms with E-state index in [-0.39, 0.29) is 11.9 Å². The van der Waals surface area contributed by atoms with Crippen molar-refractivity contribution in [3.05, 3.63) is 29.4 Å². The second-order valence-corrected chi connectivity index (χ2v) is 5.27. The molecule has 1 amide bonds. The first-order chi connectivity index (χ1) is 8.34. The van der Waals surface area contributed by atoms with Crippen molar-refractivity contribution >= 4 is 22.1 Å². The van der Waals surface area contributed by atoms with Gasteiger partial charge in [-0.25, -0.2) is 0 Å². The van der Waals surface area contributed by atoms with Crippen molar-refractivity contribution in [2.24, 2.45) is 0 Å². The third kappa shape index (κ3) is 2.08. The Balaban J connectivity index is 1.75. The molecule has 0 aromatic carbocycles. The minimum absolute atomic E-state index is 0.0251. The highest BCUT2D eigenvalue weighted by molar-refractivity contribution is 7.15. The van der Waals surface area contributed by atoms with E-state index in [2.05, 4.69) is 10.6 Å². The monoisotopic (exact) mass is 249 g/mol. The number of amides is 1. The molecule has 4 nitrogen and oxygen atoms in total. The van der Waals surface area contributed by atoms with Gasteiger partial charge in [-0.2, -0.15) is 0 Å². The zero-order valence-electron chi connectivity index (χ0n) is 9.48. The number of carbonyl (C=O) groups is 1. The molecular formula is C12H15N3OS. The molecule has 3 rings (SSSR count). The van der Waals surface area contributed by atoms with Crippen LogP contribution in [0.15, 0.2) is 23.7 Å². The van der Waals surface area contributed by atoms with Gasteiger partial charge in [0.1, 0.15) is 5.69 Å². The summed E-state index contributed by atoms with van der Waals surface area (Å²) in [5.41, 5.74) is 0.729. The number of carbonyl (C=O) groups excluding carboxylic acids is 1. The molecule has 1 aliphatic heterocycles. The van der Waals surface area contributed by atoms with E-state index in [9.17, 15) is 4.79 Å². The number of nitrogens with one attached hydrogen (secondary N) is 2. The number of hydrogen-bond acceptors (Lipinski definition) is 3. The van der Waals surface area contributed by atoms with Gasteiger partial charge in [0.15, 0.2) is 0 Å². The molecule has 1 saturated heterocycles. The molecule has 2 aromatic rings. The van der Waals surface area contributed by atoms with Crippen LogP contribution in [0, 0.1) is 0 Å². The van der Waals surface area contributed by atoms with Crippen LogP contribution in [-0.4, -0.2) is 29.4 Å². The molecule has 0 aliphatic carbocycles. The molecule has 3 heterocycles. The van der Waals surface area contributed by atoms with E-state index in [0.717, 1.165) is 36.5 Å².